The second-order valence-electron chi connectivity index (χ2n) is 3.32. The molecule has 7 heteroatoms. The molecule has 0 amide bonds. The summed E-state index contributed by atoms with van der Waals surface area (Å²) in [6, 6.07) is 0.837. The first-order valence-electron chi connectivity index (χ1n) is 4.38. The molecule has 1 heterocycles. The average molecular weight is 218 g/mol. The topological polar surface area (TPSA) is 39.7 Å². The molecule has 88 valence electrons. The van der Waals surface area contributed by atoms with Crippen LogP contribution in [0.5, 0.6) is 0 Å². The fraction of sp³-hybridized carbons (Fsp3) is 1.00. The van der Waals surface area contributed by atoms with Gasteiger partial charge in [-0.25, -0.2) is 0 Å². The quantitative estimate of drug-likeness (QED) is 0.492. The van der Waals surface area contributed by atoms with Crippen molar-refractivity contribution in [1.29, 1.82) is 0 Å². The highest BCUT2D eigenvalue weighted by molar-refractivity contribution is 6.50. The maximum absolute atomic E-state index is 9.75. The Morgan fingerprint density at radius 1 is 1.14 bits per heavy atom. The van der Waals surface area contributed by atoms with Gasteiger partial charge in [0.25, 0.3) is 0 Å². The molecule has 1 aliphatic heterocycles. The van der Waals surface area contributed by atoms with E-state index in [4.69, 9.17) is 0 Å². The minimum atomic E-state index is -6.00. The monoisotopic (exact) mass is 218 g/mol. The normalized spacial score (nSPS) is 23.1. The number of quaternary nitrogens is 1. The van der Waals surface area contributed by atoms with Crippen LogP contribution in [0.1, 0.15) is 26.2 Å². The highest BCUT2D eigenvalue weighted by Crippen LogP contribution is 2.13. The fourth-order valence-electron chi connectivity index (χ4n) is 1.24. The molecular weight excluding hydrogens is 199 g/mol. The number of hydrogen-bond acceptors (Lipinski definition) is 1. The molecular formula is C7H19BF4N2. The van der Waals surface area contributed by atoms with E-state index in [-0.39, 0.29) is 6.15 Å². The van der Waals surface area contributed by atoms with Crippen molar-refractivity contribution in [3.8, 4) is 0 Å². The van der Waals surface area contributed by atoms with Gasteiger partial charge in [0.05, 0.1) is 0 Å². The van der Waals surface area contributed by atoms with Gasteiger partial charge < -0.3 is 28.3 Å². The zero-order valence-electron chi connectivity index (χ0n) is 8.94. The van der Waals surface area contributed by atoms with E-state index < -0.39 is 7.25 Å². The Balaban J connectivity index is 0. The molecule has 0 aliphatic carbocycles. The van der Waals surface area contributed by atoms with Crippen molar-refractivity contribution in [1.82, 2.24) is 11.1 Å². The van der Waals surface area contributed by atoms with E-state index >= 15 is 0 Å². The number of hydrogen-bond donors (Lipinski definition) is 1. The molecule has 0 radical (unpaired) electrons. The predicted molar refractivity (Wildman–Crippen MR) is 52.1 cm³/mol. The summed E-state index contributed by atoms with van der Waals surface area (Å²) in [6.45, 7) is 3.61. The molecule has 0 aromatic heterocycles. The lowest BCUT2D eigenvalue weighted by molar-refractivity contribution is 0.200. The Hall–Kier alpha value is -0.295. The largest absolute Gasteiger partial charge is 0.673 e. The molecule has 0 spiro atoms. The van der Waals surface area contributed by atoms with Gasteiger partial charge >= 0.3 is 7.25 Å². The fourth-order valence-corrected chi connectivity index (χ4v) is 1.24. The molecule has 2 nitrogen and oxygen atoms in total. The van der Waals surface area contributed by atoms with E-state index in [1.54, 1.807) is 0 Å². The molecule has 1 aliphatic rings. The van der Waals surface area contributed by atoms with Gasteiger partial charge in [-0.2, -0.15) is 0 Å². The lowest BCUT2D eigenvalue weighted by Gasteiger charge is -2.29. The van der Waals surface area contributed by atoms with Crippen molar-refractivity contribution >= 4 is 7.25 Å². The Bertz CT molecular complexity index is 126. The molecule has 1 unspecified atom stereocenters. The number of piperidine rings is 1. The van der Waals surface area contributed by atoms with Crippen LogP contribution >= 0.6 is 0 Å². The molecule has 0 aromatic rings. The second-order valence-corrected chi connectivity index (χ2v) is 3.32. The third-order valence-corrected chi connectivity index (χ3v) is 2.14. The van der Waals surface area contributed by atoms with Gasteiger partial charge in [-0.3, -0.25) is 0 Å². The zero-order valence-corrected chi connectivity index (χ0v) is 8.94. The summed E-state index contributed by atoms with van der Waals surface area (Å²) in [7, 11) is -3.79. The third kappa shape index (κ3) is 11.7. The van der Waals surface area contributed by atoms with Crippen LogP contribution < -0.4 is 6.15 Å². The molecule has 0 aromatic carbocycles. The van der Waals surface area contributed by atoms with Crippen molar-refractivity contribution < 1.29 is 17.3 Å². The summed E-state index contributed by atoms with van der Waals surface area (Å²) in [4.78, 5) is 2.43. The SMILES string of the molecule is CC1CCCCN1C.F[B-](F)(F)F.[NH4+]. The van der Waals surface area contributed by atoms with E-state index in [1.165, 1.54) is 25.8 Å². The molecule has 4 N–H and O–H groups in total. The van der Waals surface area contributed by atoms with Gasteiger partial charge in [-0.05, 0) is 33.4 Å². The number of rotatable bonds is 0. The van der Waals surface area contributed by atoms with Crippen LogP contribution in [0.3, 0.4) is 0 Å². The van der Waals surface area contributed by atoms with Crippen LogP contribution in [-0.4, -0.2) is 31.8 Å². The van der Waals surface area contributed by atoms with E-state index in [1.807, 2.05) is 0 Å². The summed E-state index contributed by atoms with van der Waals surface area (Å²) < 4.78 is 39.0. The zero-order chi connectivity index (χ0) is 10.5. The van der Waals surface area contributed by atoms with E-state index in [9.17, 15) is 17.3 Å². The van der Waals surface area contributed by atoms with Gasteiger partial charge in [-0.1, -0.05) is 6.42 Å². The first-order valence-corrected chi connectivity index (χ1v) is 4.38. The summed E-state index contributed by atoms with van der Waals surface area (Å²) in [6.07, 6.45) is 4.24. The Morgan fingerprint density at radius 2 is 1.57 bits per heavy atom. The van der Waals surface area contributed by atoms with Gasteiger partial charge in [0, 0.05) is 6.04 Å². The first-order chi connectivity index (χ1) is 5.80. The van der Waals surface area contributed by atoms with Crippen molar-refractivity contribution in [2.45, 2.75) is 32.2 Å². The predicted octanol–water partition coefficient (Wildman–Crippen LogP) is 3.17. The lowest BCUT2D eigenvalue weighted by atomic mass is 10.1. The van der Waals surface area contributed by atoms with E-state index in [0.717, 1.165) is 6.04 Å². The van der Waals surface area contributed by atoms with Gasteiger partial charge in [0.15, 0.2) is 0 Å². The average Bonchev–Trinajstić information content (AvgIpc) is 1.92. The van der Waals surface area contributed by atoms with E-state index in [2.05, 4.69) is 18.9 Å². The molecule has 1 rings (SSSR count). The Morgan fingerprint density at radius 3 is 1.79 bits per heavy atom. The lowest BCUT2D eigenvalue weighted by Crippen LogP contribution is -2.33. The molecule has 14 heavy (non-hydrogen) atoms. The number of halogens is 4. The number of likely N-dealkylation sites (tertiary alicyclic amines) is 1. The first kappa shape index (κ1) is 16.1. The van der Waals surface area contributed by atoms with Crippen LogP contribution in [-0.2, 0) is 0 Å². The highest BCUT2D eigenvalue weighted by atomic mass is 19.5. The van der Waals surface area contributed by atoms with Crippen molar-refractivity contribution in [3.63, 3.8) is 0 Å². The van der Waals surface area contributed by atoms with Crippen molar-refractivity contribution in [2.24, 2.45) is 0 Å². The standard InChI is InChI=1S/C7H15N.BF4.H3N/c1-7-5-3-4-6-8(7)2;2-1(3,4)5;/h7H,3-6H2,1-2H3;;1H3/q;-1;/p+1. The third-order valence-electron chi connectivity index (χ3n) is 2.14. The molecule has 1 fully saturated rings. The van der Waals surface area contributed by atoms with Crippen molar-refractivity contribution in [3.05, 3.63) is 0 Å². The van der Waals surface area contributed by atoms with Crippen LogP contribution in [0, 0.1) is 0 Å². The Labute approximate surface area is 82.3 Å². The summed E-state index contributed by atoms with van der Waals surface area (Å²) >= 11 is 0. The Kier molecular flexibility index (Phi) is 8.14. The molecule has 1 atom stereocenters. The van der Waals surface area contributed by atoms with Gasteiger partial charge in [-0.15, -0.1) is 0 Å². The molecule has 0 saturated carbocycles. The minimum absolute atomic E-state index is 0. The smallest absolute Gasteiger partial charge is 0.418 e. The highest BCUT2D eigenvalue weighted by Gasteiger charge is 2.20. The number of nitrogens with zero attached hydrogens (tertiary/aromatic N) is 1. The van der Waals surface area contributed by atoms with Crippen molar-refractivity contribution in [2.75, 3.05) is 13.6 Å². The van der Waals surface area contributed by atoms with Crippen LogP contribution in [0.4, 0.5) is 17.3 Å². The summed E-state index contributed by atoms with van der Waals surface area (Å²) in [5, 5.41) is 0. The maximum Gasteiger partial charge on any atom is 0.673 e. The van der Waals surface area contributed by atoms with E-state index in [0.29, 0.717) is 0 Å². The van der Waals surface area contributed by atoms with Crippen LogP contribution in [0.2, 0.25) is 0 Å². The molecule has 1 saturated heterocycles. The summed E-state index contributed by atoms with van der Waals surface area (Å²) in [5.41, 5.74) is 0. The van der Waals surface area contributed by atoms with Gasteiger partial charge in [0.1, 0.15) is 0 Å². The van der Waals surface area contributed by atoms with Gasteiger partial charge in [0.2, 0.25) is 0 Å². The summed E-state index contributed by atoms with van der Waals surface area (Å²) in [5.74, 6) is 0. The maximum atomic E-state index is 9.75. The van der Waals surface area contributed by atoms with Crippen LogP contribution in [0.15, 0.2) is 0 Å². The second kappa shape index (κ2) is 7.06. The minimum Gasteiger partial charge on any atom is -0.418 e. The molecule has 0 bridgehead atoms. The van der Waals surface area contributed by atoms with Crippen LogP contribution in [0.25, 0.3) is 0 Å².